The van der Waals surface area contributed by atoms with Gasteiger partial charge in [0.25, 0.3) is 0 Å². The number of piperidine rings is 1. The smallest absolute Gasteiger partial charge is 0.0587 e. The molecule has 1 aliphatic rings. The van der Waals surface area contributed by atoms with Gasteiger partial charge in [-0.1, -0.05) is 6.92 Å². The van der Waals surface area contributed by atoms with Crippen molar-refractivity contribution < 1.29 is 4.74 Å². The number of nitrogens with one attached hydrogen (secondary N) is 1. The minimum Gasteiger partial charge on any atom is -0.383 e. The van der Waals surface area contributed by atoms with E-state index < -0.39 is 0 Å². The number of methoxy groups -OCH3 is 1. The van der Waals surface area contributed by atoms with Crippen LogP contribution in [0.25, 0.3) is 0 Å². The highest BCUT2D eigenvalue weighted by molar-refractivity contribution is 4.74. The fourth-order valence-corrected chi connectivity index (χ4v) is 2.32. The molecule has 3 heteroatoms. The Bertz CT molecular complexity index is 151. The van der Waals surface area contributed by atoms with Crippen LogP contribution in [-0.4, -0.2) is 51.3 Å². The van der Waals surface area contributed by atoms with Crippen molar-refractivity contribution in [2.24, 2.45) is 5.92 Å². The monoisotopic (exact) mass is 214 g/mol. The summed E-state index contributed by atoms with van der Waals surface area (Å²) in [5, 5.41) is 3.47. The summed E-state index contributed by atoms with van der Waals surface area (Å²) in [4.78, 5) is 2.60. The van der Waals surface area contributed by atoms with Gasteiger partial charge in [-0.2, -0.15) is 0 Å². The van der Waals surface area contributed by atoms with Crippen molar-refractivity contribution in [3.63, 3.8) is 0 Å². The second kappa shape index (κ2) is 8.08. The Hall–Kier alpha value is -0.120. The van der Waals surface area contributed by atoms with Crippen molar-refractivity contribution in [1.82, 2.24) is 10.2 Å². The first kappa shape index (κ1) is 12.9. The minimum atomic E-state index is 0.825. The summed E-state index contributed by atoms with van der Waals surface area (Å²) in [7, 11) is 1.76. The second-order valence-corrected chi connectivity index (χ2v) is 4.51. The van der Waals surface area contributed by atoms with Crippen LogP contribution in [0.5, 0.6) is 0 Å². The first-order valence-corrected chi connectivity index (χ1v) is 6.28. The molecule has 1 heterocycles. The summed E-state index contributed by atoms with van der Waals surface area (Å²) in [5.74, 6) is 0.849. The number of hydrogen-bond acceptors (Lipinski definition) is 3. The van der Waals surface area contributed by atoms with Crippen LogP contribution in [0, 0.1) is 5.92 Å². The van der Waals surface area contributed by atoms with Gasteiger partial charge in [0.2, 0.25) is 0 Å². The highest BCUT2D eigenvalue weighted by atomic mass is 16.5. The van der Waals surface area contributed by atoms with Gasteiger partial charge in [0.15, 0.2) is 0 Å². The molecule has 1 aliphatic heterocycles. The van der Waals surface area contributed by atoms with Gasteiger partial charge in [-0.15, -0.1) is 0 Å². The molecule has 1 rings (SSSR count). The highest BCUT2D eigenvalue weighted by Gasteiger charge is 2.18. The van der Waals surface area contributed by atoms with E-state index in [1.807, 2.05) is 0 Å². The lowest BCUT2D eigenvalue weighted by Gasteiger charge is -2.32. The van der Waals surface area contributed by atoms with Gasteiger partial charge in [-0.3, -0.25) is 0 Å². The third-order valence-corrected chi connectivity index (χ3v) is 3.06. The maximum absolute atomic E-state index is 5.02. The lowest BCUT2D eigenvalue weighted by atomic mass is 9.98. The standard InChI is InChI=1S/C12H26N2O/c1-3-7-14-8-4-5-12(11-14)10-13-6-9-15-2/h12-13H,3-11H2,1-2H3. The topological polar surface area (TPSA) is 24.5 Å². The van der Waals surface area contributed by atoms with Crippen molar-refractivity contribution in [1.29, 1.82) is 0 Å². The molecule has 0 aromatic carbocycles. The molecule has 15 heavy (non-hydrogen) atoms. The Labute approximate surface area is 94.2 Å². The van der Waals surface area contributed by atoms with E-state index in [0.29, 0.717) is 0 Å². The Kier molecular flexibility index (Phi) is 6.98. The van der Waals surface area contributed by atoms with Crippen molar-refractivity contribution in [2.75, 3.05) is 46.4 Å². The highest BCUT2D eigenvalue weighted by Crippen LogP contribution is 2.15. The molecule has 0 amide bonds. The van der Waals surface area contributed by atoms with Crippen molar-refractivity contribution >= 4 is 0 Å². The van der Waals surface area contributed by atoms with E-state index in [4.69, 9.17) is 4.74 Å². The molecule has 1 atom stereocenters. The molecular weight excluding hydrogens is 188 g/mol. The fraction of sp³-hybridized carbons (Fsp3) is 1.00. The summed E-state index contributed by atoms with van der Waals surface area (Å²) in [5.41, 5.74) is 0. The van der Waals surface area contributed by atoms with Gasteiger partial charge in [-0.25, -0.2) is 0 Å². The number of hydrogen-bond donors (Lipinski definition) is 1. The molecule has 0 spiro atoms. The first-order chi connectivity index (χ1) is 7.36. The largest absolute Gasteiger partial charge is 0.383 e. The quantitative estimate of drug-likeness (QED) is 0.647. The predicted octanol–water partition coefficient (Wildman–Crippen LogP) is 1.34. The molecule has 0 radical (unpaired) electrons. The van der Waals surface area contributed by atoms with Crippen LogP contribution in [-0.2, 0) is 4.74 Å². The Morgan fingerprint density at radius 2 is 2.33 bits per heavy atom. The molecule has 90 valence electrons. The van der Waals surface area contributed by atoms with E-state index in [2.05, 4.69) is 17.1 Å². The van der Waals surface area contributed by atoms with E-state index in [1.54, 1.807) is 7.11 Å². The maximum atomic E-state index is 5.02. The number of nitrogens with zero attached hydrogens (tertiary/aromatic N) is 1. The van der Waals surface area contributed by atoms with Crippen molar-refractivity contribution in [3.8, 4) is 0 Å². The Balaban J connectivity index is 2.07. The van der Waals surface area contributed by atoms with Crippen molar-refractivity contribution in [3.05, 3.63) is 0 Å². The lowest BCUT2D eigenvalue weighted by Crippen LogP contribution is -2.40. The Morgan fingerprint density at radius 3 is 3.07 bits per heavy atom. The zero-order valence-corrected chi connectivity index (χ0v) is 10.3. The van der Waals surface area contributed by atoms with E-state index in [9.17, 15) is 0 Å². The maximum Gasteiger partial charge on any atom is 0.0587 e. The second-order valence-electron chi connectivity index (χ2n) is 4.51. The SMILES string of the molecule is CCCN1CCCC(CNCCOC)C1. The molecule has 1 saturated heterocycles. The average molecular weight is 214 g/mol. The predicted molar refractivity (Wildman–Crippen MR) is 64.2 cm³/mol. The first-order valence-electron chi connectivity index (χ1n) is 6.28. The molecule has 1 fully saturated rings. The van der Waals surface area contributed by atoms with Crippen LogP contribution in [0.2, 0.25) is 0 Å². The Morgan fingerprint density at radius 1 is 1.47 bits per heavy atom. The summed E-state index contributed by atoms with van der Waals surface area (Å²) in [6.07, 6.45) is 4.04. The van der Waals surface area contributed by atoms with E-state index in [1.165, 1.54) is 38.9 Å². The van der Waals surface area contributed by atoms with Crippen molar-refractivity contribution in [2.45, 2.75) is 26.2 Å². The van der Waals surface area contributed by atoms with Crippen LogP contribution < -0.4 is 5.32 Å². The third kappa shape index (κ3) is 5.50. The summed E-state index contributed by atoms with van der Waals surface area (Å²) >= 11 is 0. The normalized spacial score (nSPS) is 23.2. The van der Waals surface area contributed by atoms with Crippen LogP contribution in [0.1, 0.15) is 26.2 Å². The summed E-state index contributed by atoms with van der Waals surface area (Å²) < 4.78 is 5.02. The molecule has 0 saturated carbocycles. The molecule has 1 unspecified atom stereocenters. The van der Waals surface area contributed by atoms with Gasteiger partial charge in [0.1, 0.15) is 0 Å². The van der Waals surface area contributed by atoms with Crippen LogP contribution in [0.15, 0.2) is 0 Å². The fourth-order valence-electron chi connectivity index (χ4n) is 2.32. The third-order valence-electron chi connectivity index (χ3n) is 3.06. The van der Waals surface area contributed by atoms with Gasteiger partial charge in [-0.05, 0) is 44.8 Å². The zero-order chi connectivity index (χ0) is 10.9. The van der Waals surface area contributed by atoms with E-state index >= 15 is 0 Å². The number of rotatable bonds is 7. The zero-order valence-electron chi connectivity index (χ0n) is 10.3. The number of ether oxygens (including phenoxy) is 1. The van der Waals surface area contributed by atoms with Gasteiger partial charge >= 0.3 is 0 Å². The van der Waals surface area contributed by atoms with E-state index in [0.717, 1.165) is 25.6 Å². The molecule has 0 aliphatic carbocycles. The van der Waals surface area contributed by atoms with Gasteiger partial charge < -0.3 is 15.0 Å². The molecular formula is C12H26N2O. The van der Waals surface area contributed by atoms with Crippen LogP contribution in [0.3, 0.4) is 0 Å². The molecule has 1 N–H and O–H groups in total. The van der Waals surface area contributed by atoms with Gasteiger partial charge in [0, 0.05) is 20.2 Å². The number of likely N-dealkylation sites (tertiary alicyclic amines) is 1. The van der Waals surface area contributed by atoms with Crippen LogP contribution in [0.4, 0.5) is 0 Å². The molecule has 0 aromatic rings. The van der Waals surface area contributed by atoms with Gasteiger partial charge in [0.05, 0.1) is 6.61 Å². The molecule has 3 nitrogen and oxygen atoms in total. The van der Waals surface area contributed by atoms with Crippen LogP contribution >= 0.6 is 0 Å². The molecule has 0 bridgehead atoms. The average Bonchev–Trinajstić information content (AvgIpc) is 2.26. The molecule has 0 aromatic heterocycles. The summed E-state index contributed by atoms with van der Waals surface area (Å²) in [6, 6.07) is 0. The lowest BCUT2D eigenvalue weighted by molar-refractivity contribution is 0.165. The minimum absolute atomic E-state index is 0.825. The summed E-state index contributed by atoms with van der Waals surface area (Å²) in [6.45, 7) is 9.10. The van der Waals surface area contributed by atoms with E-state index in [-0.39, 0.29) is 0 Å².